The van der Waals surface area contributed by atoms with Gasteiger partial charge in [0, 0.05) is 6.54 Å². The van der Waals surface area contributed by atoms with E-state index in [0.717, 1.165) is 34.6 Å². The van der Waals surface area contributed by atoms with Gasteiger partial charge in [0.05, 0.1) is 5.41 Å². The highest BCUT2D eigenvalue weighted by atomic mass is 19.4. The summed E-state index contributed by atoms with van der Waals surface area (Å²) in [5.74, 6) is 0. The Labute approximate surface area is 174 Å². The zero-order valence-corrected chi connectivity index (χ0v) is 18.6. The lowest BCUT2D eigenvalue weighted by Gasteiger charge is -2.40. The Hall–Kier alpha value is -1.93. The van der Waals surface area contributed by atoms with Gasteiger partial charge in [0.25, 0.3) is 0 Å². The maximum atomic E-state index is 13.3. The number of carbonyl (C=O) groups excluding carboxylic acids is 1. The van der Waals surface area contributed by atoms with Crippen molar-refractivity contribution in [2.24, 2.45) is 5.41 Å². The molecule has 0 aliphatic rings. The van der Waals surface area contributed by atoms with E-state index in [1.165, 1.54) is 0 Å². The summed E-state index contributed by atoms with van der Waals surface area (Å²) in [4.78, 5) is 13.0. The first-order chi connectivity index (χ1) is 13.1. The molecule has 0 saturated carbocycles. The van der Waals surface area contributed by atoms with Crippen LogP contribution in [0, 0.1) is 5.41 Å². The fourth-order valence-corrected chi connectivity index (χ4v) is 1.73. The zero-order valence-electron chi connectivity index (χ0n) is 18.6. The van der Waals surface area contributed by atoms with Crippen LogP contribution in [0.3, 0.4) is 0 Å². The van der Waals surface area contributed by atoms with Crippen molar-refractivity contribution in [3.8, 4) is 0 Å². The third kappa shape index (κ3) is 8.83. The maximum absolute atomic E-state index is 13.3. The molecule has 1 amide bonds. The molecule has 0 N–H and O–H groups in total. The summed E-state index contributed by atoms with van der Waals surface area (Å²) in [7, 11) is 0. The van der Waals surface area contributed by atoms with E-state index in [1.54, 1.807) is 51.1 Å². The fraction of sp³-hybridized carbons (Fsp3) is 0.667. The lowest BCUT2D eigenvalue weighted by atomic mass is 9.96. The van der Waals surface area contributed by atoms with Crippen molar-refractivity contribution in [2.75, 3.05) is 0 Å². The first-order valence-electron chi connectivity index (χ1n) is 9.27. The highest BCUT2D eigenvalue weighted by molar-refractivity contribution is 5.69. The smallest absolute Gasteiger partial charge is 0.411 e. The van der Waals surface area contributed by atoms with Crippen LogP contribution in [0.5, 0.6) is 0 Å². The van der Waals surface area contributed by atoms with Crippen LogP contribution >= 0.6 is 0 Å². The van der Waals surface area contributed by atoms with E-state index in [-0.39, 0.29) is 6.54 Å². The highest BCUT2D eigenvalue weighted by Crippen LogP contribution is 2.37. The van der Waals surface area contributed by atoms with Crippen LogP contribution in [-0.4, -0.2) is 34.5 Å². The van der Waals surface area contributed by atoms with E-state index in [4.69, 9.17) is 4.74 Å². The molecule has 30 heavy (non-hydrogen) atoms. The van der Waals surface area contributed by atoms with Gasteiger partial charge in [-0.3, -0.25) is 4.90 Å². The van der Waals surface area contributed by atoms with Gasteiger partial charge in [-0.05, 0) is 40.2 Å². The SMILES string of the molecule is CC(C)(C)C(F)(F)F.CC(C)(C)OC(=O)N(Cc1ccccc1)C(C)(C)C(F)(F)F. The lowest BCUT2D eigenvalue weighted by Crippen LogP contribution is -2.57. The summed E-state index contributed by atoms with van der Waals surface area (Å²) in [5.41, 5.74) is -4.17. The number of carbonyl (C=O) groups is 1. The van der Waals surface area contributed by atoms with Gasteiger partial charge in [-0.1, -0.05) is 51.1 Å². The zero-order chi connectivity index (χ0) is 24.2. The van der Waals surface area contributed by atoms with Gasteiger partial charge in [0.15, 0.2) is 0 Å². The van der Waals surface area contributed by atoms with Crippen molar-refractivity contribution < 1.29 is 35.9 Å². The Bertz CT molecular complexity index is 656. The van der Waals surface area contributed by atoms with Gasteiger partial charge in [-0.2, -0.15) is 26.3 Å². The summed E-state index contributed by atoms with van der Waals surface area (Å²) >= 11 is 0. The van der Waals surface area contributed by atoms with Crippen LogP contribution in [-0.2, 0) is 11.3 Å². The van der Waals surface area contributed by atoms with Crippen molar-refractivity contribution in [1.29, 1.82) is 0 Å². The standard InChI is InChI=1S/C16H22F3NO2.C5H9F3/c1-14(2,3)22-13(21)20(15(4,5)16(17,18)19)11-12-9-7-6-8-10-12;1-4(2,3)5(6,7)8/h6-10H,11H2,1-5H3;1-3H3. The Balaban J connectivity index is 0.000000890. The fourth-order valence-electron chi connectivity index (χ4n) is 1.73. The Morgan fingerprint density at radius 3 is 1.50 bits per heavy atom. The normalized spacial score (nSPS) is 13.3. The number of alkyl halides is 6. The minimum absolute atomic E-state index is 0.178. The second kappa shape index (κ2) is 9.47. The first kappa shape index (κ1) is 28.1. The van der Waals surface area contributed by atoms with E-state index < -0.39 is 35.0 Å². The average molecular weight is 443 g/mol. The van der Waals surface area contributed by atoms with Crippen molar-refractivity contribution in [1.82, 2.24) is 4.90 Å². The molecule has 3 nitrogen and oxygen atoms in total. The lowest BCUT2D eigenvalue weighted by molar-refractivity contribution is -0.217. The molecular weight excluding hydrogens is 412 g/mol. The molecule has 174 valence electrons. The summed E-state index contributed by atoms with van der Waals surface area (Å²) in [6.45, 7) is 10.1. The van der Waals surface area contributed by atoms with Crippen LogP contribution in [0.2, 0.25) is 0 Å². The van der Waals surface area contributed by atoms with Gasteiger partial charge in [0.2, 0.25) is 0 Å². The van der Waals surface area contributed by atoms with Gasteiger partial charge in [0.1, 0.15) is 11.1 Å². The quantitative estimate of drug-likeness (QED) is 0.457. The molecule has 9 heteroatoms. The number of rotatable bonds is 3. The summed E-state index contributed by atoms with van der Waals surface area (Å²) < 4.78 is 79.8. The van der Waals surface area contributed by atoms with Crippen molar-refractivity contribution in [3.63, 3.8) is 0 Å². The number of ether oxygens (including phenoxy) is 1. The van der Waals surface area contributed by atoms with Crippen LogP contribution in [0.15, 0.2) is 30.3 Å². The topological polar surface area (TPSA) is 29.5 Å². The summed E-state index contributed by atoms with van der Waals surface area (Å²) in [6, 6.07) is 8.52. The van der Waals surface area contributed by atoms with E-state index in [2.05, 4.69) is 0 Å². The Morgan fingerprint density at radius 1 is 0.800 bits per heavy atom. The molecule has 1 aromatic carbocycles. The van der Waals surface area contributed by atoms with E-state index in [0.29, 0.717) is 10.5 Å². The highest BCUT2D eigenvalue weighted by Gasteiger charge is 2.54. The van der Waals surface area contributed by atoms with Crippen LogP contribution in [0.4, 0.5) is 31.1 Å². The first-order valence-corrected chi connectivity index (χ1v) is 9.27. The van der Waals surface area contributed by atoms with Crippen LogP contribution in [0.1, 0.15) is 61.0 Å². The number of halogens is 6. The largest absolute Gasteiger partial charge is 0.444 e. The third-order valence-electron chi connectivity index (χ3n) is 4.02. The molecule has 0 saturated heterocycles. The van der Waals surface area contributed by atoms with E-state index in [1.807, 2.05) is 0 Å². The minimum atomic E-state index is -4.57. The number of amides is 1. The molecule has 0 spiro atoms. The van der Waals surface area contributed by atoms with E-state index in [9.17, 15) is 31.1 Å². The van der Waals surface area contributed by atoms with Gasteiger partial charge in [-0.25, -0.2) is 4.79 Å². The Morgan fingerprint density at radius 2 is 1.20 bits per heavy atom. The Kier molecular flexibility index (Phi) is 8.86. The van der Waals surface area contributed by atoms with Crippen molar-refractivity contribution in [3.05, 3.63) is 35.9 Å². The van der Waals surface area contributed by atoms with Crippen molar-refractivity contribution in [2.45, 2.75) is 85.4 Å². The second-order valence-corrected chi connectivity index (χ2v) is 9.36. The summed E-state index contributed by atoms with van der Waals surface area (Å²) in [6.07, 6.45) is -9.62. The van der Waals surface area contributed by atoms with Gasteiger partial charge in [-0.15, -0.1) is 0 Å². The maximum Gasteiger partial charge on any atom is 0.411 e. The third-order valence-corrected chi connectivity index (χ3v) is 4.02. The molecule has 0 aliphatic carbocycles. The molecule has 1 rings (SSSR count). The molecule has 1 aromatic rings. The molecule has 0 heterocycles. The molecule has 0 radical (unpaired) electrons. The molecule has 0 aromatic heterocycles. The average Bonchev–Trinajstić information content (AvgIpc) is 2.49. The summed E-state index contributed by atoms with van der Waals surface area (Å²) in [5, 5.41) is 0. The molecule has 0 aliphatic heterocycles. The molecular formula is C21H31F6NO2. The number of hydrogen-bond acceptors (Lipinski definition) is 2. The molecule has 0 bridgehead atoms. The van der Waals surface area contributed by atoms with Crippen molar-refractivity contribution >= 4 is 6.09 Å². The number of benzene rings is 1. The predicted octanol–water partition coefficient (Wildman–Crippen LogP) is 7.36. The van der Waals surface area contributed by atoms with Crippen LogP contribution < -0.4 is 0 Å². The molecule has 0 unspecified atom stereocenters. The number of nitrogens with zero attached hydrogens (tertiary/aromatic N) is 1. The van der Waals surface area contributed by atoms with Crippen LogP contribution in [0.25, 0.3) is 0 Å². The number of hydrogen-bond donors (Lipinski definition) is 0. The monoisotopic (exact) mass is 443 g/mol. The van der Waals surface area contributed by atoms with Gasteiger partial charge >= 0.3 is 18.4 Å². The van der Waals surface area contributed by atoms with Gasteiger partial charge < -0.3 is 4.74 Å². The second-order valence-electron chi connectivity index (χ2n) is 9.36. The predicted molar refractivity (Wildman–Crippen MR) is 104 cm³/mol. The van der Waals surface area contributed by atoms with E-state index >= 15 is 0 Å². The minimum Gasteiger partial charge on any atom is -0.444 e. The molecule has 0 atom stereocenters. The molecule has 0 fully saturated rings.